The Labute approximate surface area is 194 Å². The van der Waals surface area contributed by atoms with Gasteiger partial charge < -0.3 is 19.5 Å². The third-order valence-corrected chi connectivity index (χ3v) is 6.37. The number of hydrogen-bond acceptors (Lipinski definition) is 9. The number of methoxy groups -OCH3 is 1. The number of rotatable bonds is 5. The van der Waals surface area contributed by atoms with Gasteiger partial charge in [-0.15, -0.1) is 0 Å². The first-order valence-corrected chi connectivity index (χ1v) is 11.6. The predicted octanol–water partition coefficient (Wildman–Crippen LogP) is 2.84. The molecule has 0 unspecified atom stereocenters. The first-order valence-electron chi connectivity index (χ1n) is 11.6. The Morgan fingerprint density at radius 2 is 2.21 bits per heavy atom. The maximum atomic E-state index is 12.2. The van der Waals surface area contributed by atoms with Gasteiger partial charge in [0.05, 0.1) is 26.0 Å². The van der Waals surface area contributed by atoms with Gasteiger partial charge in [0.25, 0.3) is 0 Å². The molecule has 9 heteroatoms. The topological polar surface area (TPSA) is 95.5 Å². The molecule has 0 bridgehead atoms. The van der Waals surface area contributed by atoms with Crippen molar-refractivity contribution >= 4 is 17.4 Å². The van der Waals surface area contributed by atoms with Gasteiger partial charge in [-0.05, 0) is 62.9 Å². The fourth-order valence-corrected chi connectivity index (χ4v) is 4.75. The van der Waals surface area contributed by atoms with Crippen LogP contribution in [0.5, 0.6) is 0 Å². The highest BCUT2D eigenvalue weighted by Gasteiger charge is 2.32. The van der Waals surface area contributed by atoms with Gasteiger partial charge in [0.1, 0.15) is 6.04 Å². The zero-order valence-corrected chi connectivity index (χ0v) is 19.6. The van der Waals surface area contributed by atoms with Crippen LogP contribution in [-0.4, -0.2) is 67.2 Å². The number of allylic oxidation sites excluding steroid dienone is 2. The minimum atomic E-state index is -0.180. The summed E-state index contributed by atoms with van der Waals surface area (Å²) in [6.07, 6.45) is 5.21. The first kappa shape index (κ1) is 23.4. The van der Waals surface area contributed by atoms with Crippen molar-refractivity contribution in [3.63, 3.8) is 0 Å². The minimum Gasteiger partial charge on any atom is -0.481 e. The summed E-state index contributed by atoms with van der Waals surface area (Å²) < 4.78 is 16.4. The van der Waals surface area contributed by atoms with Crippen LogP contribution in [0, 0.1) is 0 Å². The van der Waals surface area contributed by atoms with E-state index >= 15 is 0 Å². The predicted molar refractivity (Wildman–Crippen MR) is 124 cm³/mol. The fraction of sp³-hybridized carbons (Fsp3) is 0.542. The summed E-state index contributed by atoms with van der Waals surface area (Å²) >= 11 is 0. The molecule has 3 aliphatic heterocycles. The van der Waals surface area contributed by atoms with Crippen molar-refractivity contribution in [2.45, 2.75) is 51.3 Å². The van der Waals surface area contributed by atoms with Crippen molar-refractivity contribution in [1.29, 1.82) is 0 Å². The van der Waals surface area contributed by atoms with Crippen LogP contribution in [0.25, 0.3) is 5.70 Å². The lowest BCUT2D eigenvalue weighted by atomic mass is 9.96. The number of piperidine rings is 1. The molecular formula is C24H34N4O5. The summed E-state index contributed by atoms with van der Waals surface area (Å²) in [5.41, 5.74) is 7.48. The number of hydroxylamine groups is 1. The Kier molecular flexibility index (Phi) is 7.42. The van der Waals surface area contributed by atoms with Gasteiger partial charge in [-0.2, -0.15) is 5.17 Å². The van der Waals surface area contributed by atoms with Crippen molar-refractivity contribution < 1.29 is 24.2 Å². The van der Waals surface area contributed by atoms with Gasteiger partial charge >= 0.3 is 5.97 Å². The van der Waals surface area contributed by atoms with Crippen LogP contribution >= 0.6 is 0 Å². The van der Waals surface area contributed by atoms with E-state index in [9.17, 15) is 10.0 Å². The Balaban J connectivity index is 1.53. The van der Waals surface area contributed by atoms with E-state index in [2.05, 4.69) is 21.7 Å². The number of carbonyl (C=O) groups excluding carboxylic acids is 1. The summed E-state index contributed by atoms with van der Waals surface area (Å²) in [5.74, 6) is 0.357. The van der Waals surface area contributed by atoms with Gasteiger partial charge in [0.15, 0.2) is 0 Å². The molecule has 0 amide bonds. The highest BCUT2D eigenvalue weighted by molar-refractivity contribution is 5.76. The summed E-state index contributed by atoms with van der Waals surface area (Å²) in [4.78, 5) is 14.2. The molecule has 3 N–H and O–H groups in total. The number of benzene rings is 1. The Morgan fingerprint density at radius 3 is 2.97 bits per heavy atom. The standard InChI is InChI=1S/C24H34N4O5/c1-4-33-24(29)21-10-8-19(14-27(21)2)25-18-7-9-20-17(12-18)15-32-11-5-6-16-13-22(31-3)26-28(30)23(16)20/h7,9,12-13,19,21,25-26,30H,4-6,8,10-11,14-15H2,1-3H3/t19-,21-/m1/s1. The zero-order chi connectivity index (χ0) is 23.4. The second-order valence-electron chi connectivity index (χ2n) is 8.66. The minimum absolute atomic E-state index is 0.142. The summed E-state index contributed by atoms with van der Waals surface area (Å²) in [6.45, 7) is 4.11. The zero-order valence-electron chi connectivity index (χ0n) is 19.6. The smallest absolute Gasteiger partial charge is 0.323 e. The van der Waals surface area contributed by atoms with Gasteiger partial charge in [-0.3, -0.25) is 14.9 Å². The van der Waals surface area contributed by atoms with Gasteiger partial charge in [0, 0.05) is 36.5 Å². The van der Waals surface area contributed by atoms with E-state index in [1.54, 1.807) is 7.11 Å². The average Bonchev–Trinajstić information content (AvgIpc) is 2.88. The Morgan fingerprint density at radius 1 is 1.36 bits per heavy atom. The maximum Gasteiger partial charge on any atom is 0.323 e. The molecule has 0 aliphatic carbocycles. The highest BCUT2D eigenvalue weighted by Crippen LogP contribution is 2.34. The fourth-order valence-electron chi connectivity index (χ4n) is 4.75. The molecule has 0 radical (unpaired) electrons. The van der Waals surface area contributed by atoms with Crippen molar-refractivity contribution in [2.24, 2.45) is 0 Å². The SMILES string of the molecule is CCOC(=O)[C@H]1CC[C@@H](Nc2ccc3c(c2)COCCCC2=C3N(O)NC(OC)=C2)CN1C. The van der Waals surface area contributed by atoms with Crippen LogP contribution in [0.4, 0.5) is 5.69 Å². The molecule has 3 aliphatic rings. The molecule has 180 valence electrons. The van der Waals surface area contributed by atoms with Crippen LogP contribution in [0.15, 0.2) is 35.7 Å². The molecule has 1 fully saturated rings. The quantitative estimate of drug-likeness (QED) is 0.576. The molecule has 1 saturated heterocycles. The Bertz CT molecular complexity index is 931. The van der Waals surface area contributed by atoms with Crippen molar-refractivity contribution in [2.75, 3.05) is 39.2 Å². The lowest BCUT2D eigenvalue weighted by molar-refractivity contribution is -0.150. The normalized spacial score (nSPS) is 23.8. The van der Waals surface area contributed by atoms with E-state index in [1.165, 1.54) is 0 Å². The summed E-state index contributed by atoms with van der Waals surface area (Å²) in [5, 5.41) is 15.3. The number of likely N-dealkylation sites (N-methyl/N-ethyl adjacent to an activating group) is 1. The largest absolute Gasteiger partial charge is 0.481 e. The number of carbonyl (C=O) groups is 1. The average molecular weight is 459 g/mol. The molecule has 0 spiro atoms. The van der Waals surface area contributed by atoms with Crippen LogP contribution < -0.4 is 10.7 Å². The van der Waals surface area contributed by atoms with E-state index in [0.29, 0.717) is 25.7 Å². The van der Waals surface area contributed by atoms with Crippen molar-refractivity contribution in [1.82, 2.24) is 15.5 Å². The number of anilines is 1. The third kappa shape index (κ3) is 5.26. The molecule has 3 heterocycles. The van der Waals surface area contributed by atoms with E-state index in [-0.39, 0.29) is 18.1 Å². The van der Waals surface area contributed by atoms with Gasteiger partial charge in [-0.1, -0.05) is 6.07 Å². The molecular weight excluding hydrogens is 424 g/mol. The van der Waals surface area contributed by atoms with Crippen LogP contribution in [0.2, 0.25) is 0 Å². The van der Waals surface area contributed by atoms with Crippen molar-refractivity contribution in [3.8, 4) is 0 Å². The number of esters is 1. The molecule has 1 aromatic rings. The number of hydrazine groups is 1. The second kappa shape index (κ2) is 10.5. The monoisotopic (exact) mass is 458 g/mol. The van der Waals surface area contributed by atoms with Crippen LogP contribution in [-0.2, 0) is 25.6 Å². The lowest BCUT2D eigenvalue weighted by Gasteiger charge is -2.36. The molecule has 0 saturated carbocycles. The number of nitrogens with zero attached hydrogens (tertiary/aromatic N) is 2. The number of nitrogens with one attached hydrogen (secondary N) is 2. The molecule has 2 atom stereocenters. The van der Waals surface area contributed by atoms with E-state index in [1.807, 2.05) is 32.2 Å². The third-order valence-electron chi connectivity index (χ3n) is 6.37. The number of ether oxygens (including phenoxy) is 3. The van der Waals surface area contributed by atoms with E-state index in [4.69, 9.17) is 14.2 Å². The number of hydrogen-bond donors (Lipinski definition) is 3. The maximum absolute atomic E-state index is 12.2. The van der Waals surface area contributed by atoms with Crippen LogP contribution in [0.1, 0.15) is 43.7 Å². The van der Waals surface area contributed by atoms with Gasteiger partial charge in [-0.25, -0.2) is 5.43 Å². The second-order valence-corrected chi connectivity index (χ2v) is 8.66. The summed E-state index contributed by atoms with van der Waals surface area (Å²) in [7, 11) is 3.54. The van der Waals surface area contributed by atoms with Crippen LogP contribution in [0.3, 0.4) is 0 Å². The summed E-state index contributed by atoms with van der Waals surface area (Å²) in [6, 6.07) is 6.19. The van der Waals surface area contributed by atoms with Gasteiger partial charge in [0.2, 0.25) is 5.88 Å². The molecule has 0 aromatic heterocycles. The molecule has 33 heavy (non-hydrogen) atoms. The van der Waals surface area contributed by atoms with Crippen molar-refractivity contribution in [3.05, 3.63) is 46.9 Å². The number of likely N-dealkylation sites (tertiary alicyclic amines) is 1. The number of fused-ring (bicyclic) bond motifs is 2. The van der Waals surface area contributed by atoms with E-state index in [0.717, 1.165) is 65.5 Å². The highest BCUT2D eigenvalue weighted by atomic mass is 16.6. The lowest BCUT2D eigenvalue weighted by Crippen LogP contribution is -2.49. The van der Waals surface area contributed by atoms with E-state index < -0.39 is 0 Å². The Hall–Kier alpha value is -2.75. The first-order chi connectivity index (χ1) is 16.0. The molecule has 9 nitrogen and oxygen atoms in total. The molecule has 4 rings (SSSR count). The molecule has 1 aromatic carbocycles.